The highest BCUT2D eigenvalue weighted by molar-refractivity contribution is 5.83. The molecule has 0 spiro atoms. The van der Waals surface area contributed by atoms with Crippen LogP contribution in [0.25, 0.3) is 11.0 Å². The maximum absolute atomic E-state index is 10.5. The fraction of sp³-hybridized carbons (Fsp3) is 0.143. The fourth-order valence-corrected chi connectivity index (χ4v) is 1.12. The molecule has 2 heterocycles. The average molecular weight is 178 g/mol. The van der Waals surface area contributed by atoms with Crippen molar-refractivity contribution in [2.24, 2.45) is 0 Å². The van der Waals surface area contributed by atoms with Crippen LogP contribution in [0.2, 0.25) is 0 Å². The zero-order chi connectivity index (χ0) is 9.42. The molecule has 0 saturated carbocycles. The lowest BCUT2D eigenvalue weighted by Crippen LogP contribution is -1.90. The molecule has 0 fully saturated rings. The smallest absolute Gasteiger partial charge is 0.312 e. The Morgan fingerprint density at radius 1 is 1.62 bits per heavy atom. The molecule has 2 rings (SSSR count). The second kappa shape index (κ2) is 2.51. The van der Waals surface area contributed by atoms with Crippen LogP contribution in [0.4, 0.5) is 5.69 Å². The van der Waals surface area contributed by atoms with E-state index in [-0.39, 0.29) is 5.69 Å². The van der Waals surface area contributed by atoms with Crippen molar-refractivity contribution in [3.63, 3.8) is 0 Å². The number of nitro groups is 1. The number of aromatic nitrogens is 3. The molecule has 0 aromatic carbocycles. The maximum atomic E-state index is 10.5. The fourth-order valence-electron chi connectivity index (χ4n) is 1.12. The van der Waals surface area contributed by atoms with Gasteiger partial charge in [-0.15, -0.1) is 0 Å². The molecule has 1 N–H and O–H groups in total. The van der Waals surface area contributed by atoms with Gasteiger partial charge in [0.15, 0.2) is 5.52 Å². The standard InChI is InChI=1S/C7H6N4O2/c1-4-8-2-5-7(10-4)6(3-9-5)11(12)13/h2-3,9H,1H3. The molecule has 6 heteroatoms. The summed E-state index contributed by atoms with van der Waals surface area (Å²) in [5, 5.41) is 10.5. The first-order valence-electron chi connectivity index (χ1n) is 3.63. The highest BCUT2D eigenvalue weighted by atomic mass is 16.6. The molecular weight excluding hydrogens is 172 g/mol. The van der Waals surface area contributed by atoms with Crippen LogP contribution in [0.15, 0.2) is 12.4 Å². The summed E-state index contributed by atoms with van der Waals surface area (Å²) in [4.78, 5) is 20.7. The minimum atomic E-state index is -0.467. The molecule has 0 aliphatic heterocycles. The molecule has 6 nitrogen and oxygen atoms in total. The van der Waals surface area contributed by atoms with Gasteiger partial charge in [0, 0.05) is 0 Å². The summed E-state index contributed by atoms with van der Waals surface area (Å²) >= 11 is 0. The molecule has 2 aromatic rings. The predicted octanol–water partition coefficient (Wildman–Crippen LogP) is 1.17. The van der Waals surface area contributed by atoms with Crippen LogP contribution >= 0.6 is 0 Å². The van der Waals surface area contributed by atoms with Crippen LogP contribution in [0.5, 0.6) is 0 Å². The molecule has 0 saturated heterocycles. The van der Waals surface area contributed by atoms with Crippen molar-refractivity contribution in [1.29, 1.82) is 0 Å². The number of nitrogens with zero attached hydrogens (tertiary/aromatic N) is 3. The molecule has 0 unspecified atom stereocenters. The summed E-state index contributed by atoms with van der Waals surface area (Å²) in [7, 11) is 0. The quantitative estimate of drug-likeness (QED) is 0.524. The molecule has 0 atom stereocenters. The first kappa shape index (κ1) is 7.66. The lowest BCUT2D eigenvalue weighted by Gasteiger charge is -1.90. The molecule has 66 valence electrons. The van der Waals surface area contributed by atoms with Gasteiger partial charge in [-0.1, -0.05) is 0 Å². The SMILES string of the molecule is Cc1ncc2[nH]cc([N+](=O)[O-])c2n1. The Morgan fingerprint density at radius 2 is 2.38 bits per heavy atom. The Kier molecular flexibility index (Phi) is 1.48. The molecule has 13 heavy (non-hydrogen) atoms. The van der Waals surface area contributed by atoms with Gasteiger partial charge < -0.3 is 4.98 Å². The number of aryl methyl sites for hydroxylation is 1. The van der Waals surface area contributed by atoms with Gasteiger partial charge in [-0.25, -0.2) is 9.97 Å². The number of hydrogen-bond acceptors (Lipinski definition) is 4. The molecular formula is C7H6N4O2. The van der Waals surface area contributed by atoms with Crippen LogP contribution in [0, 0.1) is 17.0 Å². The molecule has 2 aromatic heterocycles. The number of hydrogen-bond donors (Lipinski definition) is 1. The van der Waals surface area contributed by atoms with Crippen molar-refractivity contribution < 1.29 is 4.92 Å². The van der Waals surface area contributed by atoms with E-state index in [0.29, 0.717) is 16.9 Å². The van der Waals surface area contributed by atoms with E-state index in [2.05, 4.69) is 15.0 Å². The molecule has 0 bridgehead atoms. The van der Waals surface area contributed by atoms with Gasteiger partial charge in [0.05, 0.1) is 22.8 Å². The highest BCUT2D eigenvalue weighted by Crippen LogP contribution is 2.21. The van der Waals surface area contributed by atoms with Gasteiger partial charge >= 0.3 is 5.69 Å². The zero-order valence-electron chi connectivity index (χ0n) is 6.81. The highest BCUT2D eigenvalue weighted by Gasteiger charge is 2.15. The lowest BCUT2D eigenvalue weighted by molar-refractivity contribution is -0.383. The minimum absolute atomic E-state index is 0.0134. The average Bonchev–Trinajstić information content (AvgIpc) is 2.46. The number of nitrogens with one attached hydrogen (secondary N) is 1. The van der Waals surface area contributed by atoms with Crippen LogP contribution in [-0.4, -0.2) is 19.9 Å². The van der Waals surface area contributed by atoms with E-state index in [1.165, 1.54) is 12.4 Å². The van der Waals surface area contributed by atoms with Crippen LogP contribution < -0.4 is 0 Å². The maximum Gasteiger partial charge on any atom is 0.312 e. The third-order valence-corrected chi connectivity index (χ3v) is 1.71. The summed E-state index contributed by atoms with van der Waals surface area (Å²) < 4.78 is 0. The van der Waals surface area contributed by atoms with Gasteiger partial charge in [0.25, 0.3) is 0 Å². The van der Waals surface area contributed by atoms with Gasteiger partial charge in [0.1, 0.15) is 5.82 Å². The van der Waals surface area contributed by atoms with Crippen molar-refractivity contribution in [2.75, 3.05) is 0 Å². The summed E-state index contributed by atoms with van der Waals surface area (Å²) in [6, 6.07) is 0. The number of aromatic amines is 1. The normalized spacial score (nSPS) is 10.5. The Balaban J connectivity index is 2.79. The summed E-state index contributed by atoms with van der Waals surface area (Å²) in [6.45, 7) is 1.69. The van der Waals surface area contributed by atoms with Crippen molar-refractivity contribution in [3.8, 4) is 0 Å². The zero-order valence-corrected chi connectivity index (χ0v) is 6.81. The van der Waals surface area contributed by atoms with E-state index in [1.54, 1.807) is 6.92 Å². The number of fused-ring (bicyclic) bond motifs is 1. The summed E-state index contributed by atoms with van der Waals surface area (Å²) in [5.74, 6) is 0.523. The monoisotopic (exact) mass is 178 g/mol. The van der Waals surface area contributed by atoms with Gasteiger partial charge in [-0.3, -0.25) is 10.1 Å². The Morgan fingerprint density at radius 3 is 3.08 bits per heavy atom. The van der Waals surface area contributed by atoms with Crippen molar-refractivity contribution in [1.82, 2.24) is 15.0 Å². The van der Waals surface area contributed by atoms with E-state index >= 15 is 0 Å². The summed E-state index contributed by atoms with van der Waals surface area (Å²) in [6.07, 6.45) is 2.85. The van der Waals surface area contributed by atoms with Gasteiger partial charge in [0.2, 0.25) is 0 Å². The largest absolute Gasteiger partial charge is 0.353 e. The third kappa shape index (κ3) is 1.12. The molecule has 0 aliphatic carbocycles. The van der Waals surface area contributed by atoms with Crippen molar-refractivity contribution in [2.45, 2.75) is 6.92 Å². The third-order valence-electron chi connectivity index (χ3n) is 1.71. The Bertz CT molecular complexity index is 476. The van der Waals surface area contributed by atoms with Crippen molar-refractivity contribution in [3.05, 3.63) is 28.3 Å². The topological polar surface area (TPSA) is 84.7 Å². The second-order valence-electron chi connectivity index (χ2n) is 2.61. The van der Waals surface area contributed by atoms with E-state index in [0.717, 1.165) is 0 Å². The van der Waals surface area contributed by atoms with E-state index in [9.17, 15) is 10.1 Å². The van der Waals surface area contributed by atoms with Gasteiger partial charge in [-0.05, 0) is 6.92 Å². The lowest BCUT2D eigenvalue weighted by atomic mass is 10.4. The molecule has 0 radical (unpaired) electrons. The van der Waals surface area contributed by atoms with Crippen molar-refractivity contribution >= 4 is 16.7 Å². The Labute approximate surface area is 72.8 Å². The van der Waals surface area contributed by atoms with Gasteiger partial charge in [-0.2, -0.15) is 0 Å². The molecule has 0 amide bonds. The Hall–Kier alpha value is -1.98. The van der Waals surface area contributed by atoms with Crippen LogP contribution in [0.1, 0.15) is 5.82 Å². The number of H-pyrrole nitrogens is 1. The van der Waals surface area contributed by atoms with Crippen LogP contribution in [-0.2, 0) is 0 Å². The van der Waals surface area contributed by atoms with E-state index < -0.39 is 4.92 Å². The first-order chi connectivity index (χ1) is 6.18. The minimum Gasteiger partial charge on any atom is -0.353 e. The second-order valence-corrected chi connectivity index (χ2v) is 2.61. The first-order valence-corrected chi connectivity index (χ1v) is 3.63. The van der Waals surface area contributed by atoms with E-state index in [4.69, 9.17) is 0 Å². The molecule has 0 aliphatic rings. The summed E-state index contributed by atoms with van der Waals surface area (Å²) in [5.41, 5.74) is 0.926. The van der Waals surface area contributed by atoms with E-state index in [1.807, 2.05) is 0 Å². The number of rotatable bonds is 1. The van der Waals surface area contributed by atoms with Crippen LogP contribution in [0.3, 0.4) is 0 Å². The predicted molar refractivity (Wildman–Crippen MR) is 45.3 cm³/mol.